The molecule has 0 aliphatic carbocycles. The number of hydrogen-bond donors (Lipinski definition) is 2. The van der Waals surface area contributed by atoms with Crippen molar-refractivity contribution in [1.29, 1.82) is 0 Å². The van der Waals surface area contributed by atoms with Gasteiger partial charge in [-0.3, -0.25) is 0 Å². The molecular formula is C12H24N2O. The van der Waals surface area contributed by atoms with E-state index in [0.717, 1.165) is 25.0 Å². The van der Waals surface area contributed by atoms with Gasteiger partial charge in [0.25, 0.3) is 0 Å². The van der Waals surface area contributed by atoms with Crippen molar-refractivity contribution in [3.8, 4) is 0 Å². The fraction of sp³-hybridized carbons (Fsp3) is 1.00. The summed E-state index contributed by atoms with van der Waals surface area (Å²) in [6.07, 6.45) is 6.94. The molecule has 0 aromatic heterocycles. The van der Waals surface area contributed by atoms with Gasteiger partial charge in [0.2, 0.25) is 0 Å². The van der Waals surface area contributed by atoms with Crippen LogP contribution in [-0.2, 0) is 0 Å². The second kappa shape index (κ2) is 5.83. The maximum Gasteiger partial charge on any atom is 0.0555 e. The molecule has 0 aromatic rings. The summed E-state index contributed by atoms with van der Waals surface area (Å²) in [5, 5.41) is 12.1. The second-order valence-corrected chi connectivity index (χ2v) is 4.93. The topological polar surface area (TPSA) is 35.5 Å². The van der Waals surface area contributed by atoms with Crippen molar-refractivity contribution >= 4 is 0 Å². The number of aliphatic hydroxyl groups is 1. The molecule has 0 radical (unpaired) electrons. The number of rotatable bonds is 4. The Morgan fingerprint density at radius 1 is 1.13 bits per heavy atom. The molecule has 2 fully saturated rings. The Hall–Kier alpha value is -0.120. The van der Waals surface area contributed by atoms with Gasteiger partial charge < -0.3 is 15.3 Å². The van der Waals surface area contributed by atoms with Crippen LogP contribution in [0.2, 0.25) is 0 Å². The smallest absolute Gasteiger partial charge is 0.0555 e. The third-order valence-electron chi connectivity index (χ3n) is 3.92. The van der Waals surface area contributed by atoms with Crippen LogP contribution in [0.15, 0.2) is 0 Å². The summed E-state index contributed by atoms with van der Waals surface area (Å²) in [5.41, 5.74) is 0. The van der Waals surface area contributed by atoms with Crippen LogP contribution < -0.4 is 5.32 Å². The molecule has 0 amide bonds. The molecule has 2 N–H and O–H groups in total. The highest BCUT2D eigenvalue weighted by atomic mass is 16.3. The van der Waals surface area contributed by atoms with Gasteiger partial charge >= 0.3 is 0 Å². The van der Waals surface area contributed by atoms with Gasteiger partial charge in [0.15, 0.2) is 0 Å². The van der Waals surface area contributed by atoms with E-state index in [1.54, 1.807) is 0 Å². The summed E-state index contributed by atoms with van der Waals surface area (Å²) >= 11 is 0. The van der Waals surface area contributed by atoms with E-state index in [4.69, 9.17) is 5.11 Å². The standard InChI is InChI=1S/C12H24N2O/c15-9-6-13-10-11-4-3-8-14-7-2-1-5-12(11)14/h11-13,15H,1-10H2/t11-,12-/m0/s1. The predicted octanol–water partition coefficient (Wildman–Crippen LogP) is 0.833. The normalized spacial score (nSPS) is 32.6. The highest BCUT2D eigenvalue weighted by Gasteiger charge is 2.32. The SMILES string of the molecule is OCCNC[C@@H]1CCCN2CCCC[C@@H]12. The highest BCUT2D eigenvalue weighted by Crippen LogP contribution is 2.30. The molecule has 2 aliphatic rings. The van der Waals surface area contributed by atoms with Gasteiger partial charge in [0.1, 0.15) is 0 Å². The zero-order valence-corrected chi connectivity index (χ0v) is 9.62. The first-order chi connectivity index (χ1) is 7.42. The average Bonchev–Trinajstić information content (AvgIpc) is 2.30. The van der Waals surface area contributed by atoms with E-state index in [9.17, 15) is 0 Å². The predicted molar refractivity (Wildman–Crippen MR) is 61.9 cm³/mol. The van der Waals surface area contributed by atoms with Crippen LogP contribution in [0.1, 0.15) is 32.1 Å². The minimum atomic E-state index is 0.265. The van der Waals surface area contributed by atoms with Crippen molar-refractivity contribution in [2.24, 2.45) is 5.92 Å². The number of nitrogens with one attached hydrogen (secondary N) is 1. The van der Waals surface area contributed by atoms with Gasteiger partial charge in [0, 0.05) is 12.6 Å². The zero-order valence-electron chi connectivity index (χ0n) is 9.62. The van der Waals surface area contributed by atoms with Crippen LogP contribution in [-0.4, -0.2) is 48.8 Å². The first kappa shape index (κ1) is 11.4. The Bertz CT molecular complexity index is 184. The van der Waals surface area contributed by atoms with Gasteiger partial charge in [-0.1, -0.05) is 6.42 Å². The van der Waals surface area contributed by atoms with Gasteiger partial charge in [-0.05, 0) is 51.2 Å². The number of nitrogens with zero attached hydrogens (tertiary/aromatic N) is 1. The van der Waals surface area contributed by atoms with E-state index < -0.39 is 0 Å². The summed E-state index contributed by atoms with van der Waals surface area (Å²) in [6.45, 7) is 4.76. The Balaban J connectivity index is 1.81. The summed E-state index contributed by atoms with van der Waals surface area (Å²) in [7, 11) is 0. The minimum Gasteiger partial charge on any atom is -0.395 e. The molecule has 2 heterocycles. The van der Waals surface area contributed by atoms with Gasteiger partial charge in [-0.2, -0.15) is 0 Å². The molecule has 0 spiro atoms. The van der Waals surface area contributed by atoms with Crippen molar-refractivity contribution in [2.75, 3.05) is 32.8 Å². The Kier molecular flexibility index (Phi) is 4.42. The molecule has 2 saturated heterocycles. The van der Waals surface area contributed by atoms with Gasteiger partial charge in [0.05, 0.1) is 6.61 Å². The zero-order chi connectivity index (χ0) is 10.5. The Morgan fingerprint density at radius 3 is 2.87 bits per heavy atom. The van der Waals surface area contributed by atoms with Crippen LogP contribution in [0.25, 0.3) is 0 Å². The molecule has 3 heteroatoms. The first-order valence-electron chi connectivity index (χ1n) is 6.47. The number of fused-ring (bicyclic) bond motifs is 1. The largest absolute Gasteiger partial charge is 0.395 e. The van der Waals surface area contributed by atoms with Crippen molar-refractivity contribution < 1.29 is 5.11 Å². The van der Waals surface area contributed by atoms with Crippen molar-refractivity contribution in [3.63, 3.8) is 0 Å². The van der Waals surface area contributed by atoms with Crippen molar-refractivity contribution in [1.82, 2.24) is 10.2 Å². The minimum absolute atomic E-state index is 0.265. The van der Waals surface area contributed by atoms with Crippen LogP contribution in [0.5, 0.6) is 0 Å². The lowest BCUT2D eigenvalue weighted by Gasteiger charge is -2.44. The molecule has 2 atom stereocenters. The van der Waals surface area contributed by atoms with E-state index in [0.29, 0.717) is 0 Å². The molecule has 0 bridgehead atoms. The number of piperidine rings is 2. The molecular weight excluding hydrogens is 188 g/mol. The van der Waals surface area contributed by atoms with E-state index in [1.165, 1.54) is 45.2 Å². The van der Waals surface area contributed by atoms with Crippen LogP contribution in [0.3, 0.4) is 0 Å². The fourth-order valence-electron chi connectivity index (χ4n) is 3.18. The lowest BCUT2D eigenvalue weighted by atomic mass is 9.83. The van der Waals surface area contributed by atoms with Crippen LogP contribution in [0.4, 0.5) is 0 Å². The molecule has 0 saturated carbocycles. The lowest BCUT2D eigenvalue weighted by molar-refractivity contribution is 0.0590. The molecule has 88 valence electrons. The van der Waals surface area contributed by atoms with Crippen molar-refractivity contribution in [3.05, 3.63) is 0 Å². The lowest BCUT2D eigenvalue weighted by Crippen LogP contribution is -2.50. The quantitative estimate of drug-likeness (QED) is 0.678. The highest BCUT2D eigenvalue weighted by molar-refractivity contribution is 4.87. The van der Waals surface area contributed by atoms with E-state index in [1.807, 2.05) is 0 Å². The molecule has 15 heavy (non-hydrogen) atoms. The molecule has 0 unspecified atom stereocenters. The number of hydrogen-bond acceptors (Lipinski definition) is 3. The third-order valence-corrected chi connectivity index (χ3v) is 3.92. The van der Waals surface area contributed by atoms with E-state index >= 15 is 0 Å². The number of aliphatic hydroxyl groups excluding tert-OH is 1. The van der Waals surface area contributed by atoms with Crippen LogP contribution >= 0.6 is 0 Å². The Labute approximate surface area is 92.8 Å². The molecule has 3 nitrogen and oxygen atoms in total. The monoisotopic (exact) mass is 212 g/mol. The van der Waals surface area contributed by atoms with Gasteiger partial charge in [-0.25, -0.2) is 0 Å². The fourth-order valence-corrected chi connectivity index (χ4v) is 3.18. The molecule has 0 aromatic carbocycles. The van der Waals surface area contributed by atoms with Crippen molar-refractivity contribution in [2.45, 2.75) is 38.1 Å². The molecule has 2 aliphatic heterocycles. The maximum atomic E-state index is 8.76. The summed E-state index contributed by atoms with van der Waals surface area (Å²) in [5.74, 6) is 0.825. The van der Waals surface area contributed by atoms with E-state index in [2.05, 4.69) is 10.2 Å². The summed E-state index contributed by atoms with van der Waals surface area (Å²) in [4.78, 5) is 2.69. The first-order valence-corrected chi connectivity index (χ1v) is 6.47. The summed E-state index contributed by atoms with van der Waals surface area (Å²) < 4.78 is 0. The summed E-state index contributed by atoms with van der Waals surface area (Å²) in [6, 6.07) is 0.832. The van der Waals surface area contributed by atoms with E-state index in [-0.39, 0.29) is 6.61 Å². The third kappa shape index (κ3) is 2.92. The van der Waals surface area contributed by atoms with Crippen LogP contribution in [0, 0.1) is 5.92 Å². The van der Waals surface area contributed by atoms with Gasteiger partial charge in [-0.15, -0.1) is 0 Å². The average molecular weight is 212 g/mol. The Morgan fingerprint density at radius 2 is 2.00 bits per heavy atom. The molecule has 2 rings (SSSR count). The maximum absolute atomic E-state index is 8.76. The second-order valence-electron chi connectivity index (χ2n) is 4.93.